The molecule has 1 fully saturated rings. The summed E-state index contributed by atoms with van der Waals surface area (Å²) in [6, 6.07) is 8.89. The molecule has 1 saturated carbocycles. The van der Waals surface area contributed by atoms with E-state index in [1.807, 2.05) is 13.0 Å². The van der Waals surface area contributed by atoms with Gasteiger partial charge in [0.1, 0.15) is 16.5 Å². The second-order valence-electron chi connectivity index (χ2n) is 7.85. The van der Waals surface area contributed by atoms with Crippen molar-refractivity contribution >= 4 is 45.4 Å². The lowest BCUT2D eigenvalue weighted by molar-refractivity contribution is -0.117. The van der Waals surface area contributed by atoms with Gasteiger partial charge in [-0.15, -0.1) is 16.4 Å². The number of benzene rings is 1. The molecule has 11 heteroatoms. The minimum atomic E-state index is -0.373. The molecule has 168 valence electrons. The molecule has 0 unspecified atom stereocenters. The molecule has 3 heterocycles. The first-order chi connectivity index (χ1) is 15.9. The lowest BCUT2D eigenvalue weighted by Crippen LogP contribution is -2.14. The molecule has 10 nitrogen and oxygen atoms in total. The van der Waals surface area contributed by atoms with Crippen molar-refractivity contribution in [2.75, 3.05) is 16.4 Å². The highest BCUT2D eigenvalue weighted by Gasteiger charge is 2.30. The molecular weight excluding hydrogens is 442 g/mol. The van der Waals surface area contributed by atoms with E-state index in [1.54, 1.807) is 41.9 Å². The van der Waals surface area contributed by atoms with Crippen molar-refractivity contribution in [1.82, 2.24) is 19.6 Å². The van der Waals surface area contributed by atoms with Crippen LogP contribution in [0, 0.1) is 19.8 Å². The fraction of sp³-hybridized carbons (Fsp3) is 0.227. The molecule has 0 bridgehead atoms. The van der Waals surface area contributed by atoms with Crippen LogP contribution in [-0.4, -0.2) is 31.4 Å². The Hall–Kier alpha value is -3.99. The molecule has 1 aliphatic rings. The van der Waals surface area contributed by atoms with Crippen molar-refractivity contribution in [3.05, 3.63) is 52.8 Å². The Labute approximate surface area is 192 Å². The van der Waals surface area contributed by atoms with Crippen LogP contribution in [0.3, 0.4) is 0 Å². The van der Waals surface area contributed by atoms with Crippen LogP contribution in [0.2, 0.25) is 0 Å². The predicted octanol–water partition coefficient (Wildman–Crippen LogP) is 3.78. The van der Waals surface area contributed by atoms with Crippen LogP contribution in [0.4, 0.5) is 16.6 Å². The van der Waals surface area contributed by atoms with Gasteiger partial charge >= 0.3 is 0 Å². The van der Waals surface area contributed by atoms with E-state index in [9.17, 15) is 9.59 Å². The lowest BCUT2D eigenvalue weighted by Gasteiger charge is -2.11. The summed E-state index contributed by atoms with van der Waals surface area (Å²) in [5.74, 6) is 0.963. The van der Waals surface area contributed by atoms with Gasteiger partial charge in [0, 0.05) is 17.7 Å². The van der Waals surface area contributed by atoms with Crippen LogP contribution in [0.5, 0.6) is 11.5 Å². The van der Waals surface area contributed by atoms with Crippen LogP contribution >= 0.6 is 11.3 Å². The molecule has 4 aromatic rings. The molecule has 0 spiro atoms. The maximum absolute atomic E-state index is 12.6. The number of nitrogens with two attached hydrogens (primary N) is 1. The number of rotatable bonds is 6. The van der Waals surface area contributed by atoms with Gasteiger partial charge in [0.05, 0.1) is 11.2 Å². The predicted molar refractivity (Wildman–Crippen MR) is 125 cm³/mol. The van der Waals surface area contributed by atoms with Crippen LogP contribution < -0.4 is 21.1 Å². The third kappa shape index (κ3) is 4.48. The number of nitrogen functional groups attached to an aromatic ring is 1. The molecule has 5 rings (SSSR count). The first kappa shape index (κ1) is 20.9. The van der Waals surface area contributed by atoms with E-state index in [0.717, 1.165) is 23.4 Å². The lowest BCUT2D eigenvalue weighted by atomic mass is 10.2. The molecule has 2 amide bonds. The number of hydrogen-bond acceptors (Lipinski definition) is 8. The van der Waals surface area contributed by atoms with E-state index < -0.39 is 0 Å². The maximum atomic E-state index is 12.6. The third-order valence-electron chi connectivity index (χ3n) is 5.16. The number of nitrogens with one attached hydrogen (secondary N) is 2. The first-order valence-corrected chi connectivity index (χ1v) is 11.2. The number of amides is 2. The van der Waals surface area contributed by atoms with Crippen molar-refractivity contribution in [1.29, 1.82) is 0 Å². The number of hydrogen-bond donors (Lipinski definition) is 3. The van der Waals surface area contributed by atoms with Crippen LogP contribution in [0.25, 0.3) is 5.65 Å². The summed E-state index contributed by atoms with van der Waals surface area (Å²) < 4.78 is 7.51. The Kier molecular flexibility index (Phi) is 5.17. The van der Waals surface area contributed by atoms with Gasteiger partial charge in [-0.1, -0.05) is 6.07 Å². The summed E-state index contributed by atoms with van der Waals surface area (Å²) in [6.07, 6.45) is 3.49. The fourth-order valence-electron chi connectivity index (χ4n) is 3.26. The number of aryl methyl sites for hydroxylation is 2. The number of nitrogens with zero attached hydrogens (tertiary/aromatic N) is 4. The van der Waals surface area contributed by atoms with E-state index in [4.69, 9.17) is 10.5 Å². The Morgan fingerprint density at radius 2 is 1.91 bits per heavy atom. The largest absolute Gasteiger partial charge is 0.456 e. The minimum Gasteiger partial charge on any atom is -0.456 e. The number of anilines is 3. The third-order valence-corrected chi connectivity index (χ3v) is 5.96. The number of aromatic nitrogens is 4. The van der Waals surface area contributed by atoms with Crippen molar-refractivity contribution < 1.29 is 14.3 Å². The topological polar surface area (TPSA) is 137 Å². The summed E-state index contributed by atoms with van der Waals surface area (Å²) in [5, 5.41) is 11.0. The Morgan fingerprint density at radius 1 is 1.12 bits per heavy atom. The van der Waals surface area contributed by atoms with Crippen molar-refractivity contribution in [3.8, 4) is 11.5 Å². The van der Waals surface area contributed by atoms with E-state index in [0.29, 0.717) is 27.8 Å². The standard InChI is InChI=1S/C22H21N7O3S/c1-11-3-6-14(9-16(11)25-21(31)18-19(23)33-12(2)24-18)32-15-7-8-17-26-22(28-29(17)10-15)27-20(30)13-4-5-13/h3,6-10,13H,4-5,23H2,1-2H3,(H,25,31)(H,27,28,30). The molecule has 0 aliphatic heterocycles. The van der Waals surface area contributed by atoms with Gasteiger partial charge in [-0.25, -0.2) is 9.50 Å². The Balaban J connectivity index is 1.32. The normalized spacial score (nSPS) is 13.2. The van der Waals surface area contributed by atoms with Gasteiger partial charge in [-0.2, -0.15) is 4.98 Å². The van der Waals surface area contributed by atoms with Gasteiger partial charge in [-0.05, 0) is 50.5 Å². The van der Waals surface area contributed by atoms with Crippen molar-refractivity contribution in [2.45, 2.75) is 26.7 Å². The van der Waals surface area contributed by atoms with Gasteiger partial charge in [-0.3, -0.25) is 14.9 Å². The molecule has 0 atom stereocenters. The number of ether oxygens (including phenoxy) is 1. The zero-order valence-corrected chi connectivity index (χ0v) is 18.8. The summed E-state index contributed by atoms with van der Waals surface area (Å²) in [5.41, 5.74) is 8.15. The number of carbonyl (C=O) groups excluding carboxylic acids is 2. The molecule has 33 heavy (non-hydrogen) atoms. The zero-order valence-electron chi connectivity index (χ0n) is 18.0. The number of fused-ring (bicyclic) bond motifs is 1. The van der Waals surface area contributed by atoms with E-state index in [2.05, 4.69) is 25.7 Å². The molecule has 3 aromatic heterocycles. The van der Waals surface area contributed by atoms with Crippen molar-refractivity contribution in [2.24, 2.45) is 5.92 Å². The molecule has 1 aromatic carbocycles. The highest BCUT2D eigenvalue weighted by Crippen LogP contribution is 2.30. The fourth-order valence-corrected chi connectivity index (χ4v) is 3.95. The summed E-state index contributed by atoms with van der Waals surface area (Å²) >= 11 is 1.27. The van der Waals surface area contributed by atoms with Crippen LogP contribution in [0.15, 0.2) is 36.5 Å². The van der Waals surface area contributed by atoms with Crippen LogP contribution in [-0.2, 0) is 4.79 Å². The van der Waals surface area contributed by atoms with E-state index in [-0.39, 0.29) is 29.4 Å². The summed E-state index contributed by atoms with van der Waals surface area (Å²) in [7, 11) is 0. The molecule has 1 aliphatic carbocycles. The smallest absolute Gasteiger partial charge is 0.277 e. The highest BCUT2D eigenvalue weighted by molar-refractivity contribution is 7.15. The SMILES string of the molecule is Cc1nc(C(=O)Nc2cc(Oc3ccc4nc(NC(=O)C5CC5)nn4c3)ccc2C)c(N)s1. The summed E-state index contributed by atoms with van der Waals surface area (Å²) in [6.45, 7) is 3.68. The average Bonchev–Trinajstić information content (AvgIpc) is 3.46. The Morgan fingerprint density at radius 3 is 2.64 bits per heavy atom. The van der Waals surface area contributed by atoms with Crippen LogP contribution in [0.1, 0.15) is 33.9 Å². The highest BCUT2D eigenvalue weighted by atomic mass is 32.1. The first-order valence-electron chi connectivity index (χ1n) is 10.4. The quantitative estimate of drug-likeness (QED) is 0.396. The molecule has 0 saturated heterocycles. The second kappa shape index (κ2) is 8.17. The zero-order chi connectivity index (χ0) is 23.1. The summed E-state index contributed by atoms with van der Waals surface area (Å²) in [4.78, 5) is 33.1. The van der Waals surface area contributed by atoms with Gasteiger partial charge in [0.15, 0.2) is 11.3 Å². The van der Waals surface area contributed by atoms with E-state index in [1.165, 1.54) is 11.3 Å². The number of carbonyl (C=O) groups is 2. The second-order valence-corrected chi connectivity index (χ2v) is 9.08. The van der Waals surface area contributed by atoms with Gasteiger partial charge in [0.25, 0.3) is 5.91 Å². The molecular formula is C22H21N7O3S. The Bertz CT molecular complexity index is 1390. The maximum Gasteiger partial charge on any atom is 0.277 e. The van der Waals surface area contributed by atoms with Crippen molar-refractivity contribution in [3.63, 3.8) is 0 Å². The van der Waals surface area contributed by atoms with Gasteiger partial charge in [0.2, 0.25) is 11.9 Å². The monoisotopic (exact) mass is 463 g/mol. The average molecular weight is 464 g/mol. The number of thiazole rings is 1. The number of pyridine rings is 1. The van der Waals surface area contributed by atoms with E-state index >= 15 is 0 Å². The van der Waals surface area contributed by atoms with Gasteiger partial charge < -0.3 is 15.8 Å². The molecule has 0 radical (unpaired) electrons. The minimum absolute atomic E-state index is 0.0498. The molecule has 4 N–H and O–H groups in total.